The largest absolute Gasteiger partial charge is 0.389 e. The molecule has 2 aromatic carbocycles. The fourth-order valence-corrected chi connectivity index (χ4v) is 5.45. The third kappa shape index (κ3) is 8.03. The molecule has 4 aromatic rings. The highest BCUT2D eigenvalue weighted by Crippen LogP contribution is 2.19. The van der Waals surface area contributed by atoms with Gasteiger partial charge in [-0.05, 0) is 75.7 Å². The summed E-state index contributed by atoms with van der Waals surface area (Å²) in [5.41, 5.74) is 4.30. The number of anilines is 1. The van der Waals surface area contributed by atoms with Crippen molar-refractivity contribution in [3.8, 4) is 11.8 Å². The van der Waals surface area contributed by atoms with Crippen LogP contribution in [0.3, 0.4) is 0 Å². The number of hydrogen-bond donors (Lipinski definition) is 3. The van der Waals surface area contributed by atoms with Crippen molar-refractivity contribution in [1.29, 1.82) is 0 Å². The molecule has 1 saturated heterocycles. The molecule has 11 nitrogen and oxygen atoms in total. The number of imidazole rings is 1. The van der Waals surface area contributed by atoms with Gasteiger partial charge in [-0.3, -0.25) is 19.3 Å². The van der Waals surface area contributed by atoms with E-state index in [9.17, 15) is 19.5 Å². The lowest BCUT2D eigenvalue weighted by Gasteiger charge is -2.32. The number of pyridine rings is 1. The van der Waals surface area contributed by atoms with Crippen LogP contribution in [0, 0.1) is 18.8 Å². The molecule has 238 valence electrons. The minimum absolute atomic E-state index is 0.222. The third-order valence-corrected chi connectivity index (χ3v) is 7.67. The van der Waals surface area contributed by atoms with Gasteiger partial charge in [0, 0.05) is 56.5 Å². The van der Waals surface area contributed by atoms with Gasteiger partial charge in [-0.1, -0.05) is 18.1 Å². The molecule has 3 N–H and O–H groups in total. The van der Waals surface area contributed by atoms with Crippen molar-refractivity contribution in [3.05, 3.63) is 87.8 Å². The molecule has 3 heterocycles. The monoisotopic (exact) mass is 621 g/mol. The molecule has 0 radical (unpaired) electrons. The molecule has 0 unspecified atom stereocenters. The number of carbonyl (C=O) groups is 3. The Balaban J connectivity index is 1.48. The van der Waals surface area contributed by atoms with Gasteiger partial charge < -0.3 is 24.9 Å². The maximum atomic E-state index is 13.6. The minimum atomic E-state index is -1.06. The number of aldehydes is 1. The number of nitrogens with one attached hydrogen (secondary N) is 2. The number of aryl methyl sites for hydroxylation is 1. The van der Waals surface area contributed by atoms with E-state index < -0.39 is 11.5 Å². The zero-order valence-corrected chi connectivity index (χ0v) is 26.8. The summed E-state index contributed by atoms with van der Waals surface area (Å²) < 4.78 is 1.85. The maximum absolute atomic E-state index is 13.6. The first-order valence-corrected chi connectivity index (χ1v) is 15.2. The second kappa shape index (κ2) is 13.6. The number of amides is 2. The first kappa shape index (κ1) is 32.5. The zero-order valence-electron chi connectivity index (χ0n) is 26.8. The number of hydrogen-bond acceptors (Lipinski definition) is 7. The van der Waals surface area contributed by atoms with Crippen LogP contribution in [0.1, 0.15) is 64.0 Å². The highest BCUT2D eigenvalue weighted by molar-refractivity contribution is 5.97. The molecule has 5 rings (SSSR count). The molecule has 0 saturated carbocycles. The van der Waals surface area contributed by atoms with Gasteiger partial charge >= 0.3 is 0 Å². The summed E-state index contributed by atoms with van der Waals surface area (Å²) in [4.78, 5) is 53.8. The lowest BCUT2D eigenvalue weighted by molar-refractivity contribution is -0.114. The van der Waals surface area contributed by atoms with Crippen LogP contribution in [0.15, 0.2) is 53.5 Å². The number of nitrogens with zero attached hydrogens (tertiary/aromatic N) is 5. The molecule has 0 atom stereocenters. The summed E-state index contributed by atoms with van der Waals surface area (Å²) in [7, 11) is 2.14. The quantitative estimate of drug-likeness (QED) is 0.213. The maximum Gasteiger partial charge on any atom is 0.280 e. The summed E-state index contributed by atoms with van der Waals surface area (Å²) in [5, 5.41) is 13.4. The van der Waals surface area contributed by atoms with Crippen molar-refractivity contribution < 1.29 is 19.5 Å². The Morgan fingerprint density at radius 3 is 2.57 bits per heavy atom. The van der Waals surface area contributed by atoms with E-state index in [4.69, 9.17) is 0 Å². The Bertz CT molecular complexity index is 1930. The number of rotatable bonds is 7. The van der Waals surface area contributed by atoms with Crippen molar-refractivity contribution in [1.82, 2.24) is 24.3 Å². The van der Waals surface area contributed by atoms with E-state index in [-0.39, 0.29) is 18.0 Å². The first-order valence-electron chi connectivity index (χ1n) is 15.2. The van der Waals surface area contributed by atoms with Gasteiger partial charge in [0.15, 0.2) is 6.29 Å². The summed E-state index contributed by atoms with van der Waals surface area (Å²) >= 11 is 0. The molecule has 0 spiro atoms. The van der Waals surface area contributed by atoms with Gasteiger partial charge in [0.05, 0.1) is 34.4 Å². The molecule has 2 amide bonds. The molecule has 11 heteroatoms. The lowest BCUT2D eigenvalue weighted by Crippen LogP contribution is -2.43. The van der Waals surface area contributed by atoms with Gasteiger partial charge in [0.1, 0.15) is 5.69 Å². The normalized spacial score (nSPS) is 14.6. The smallest absolute Gasteiger partial charge is 0.280 e. The molecule has 46 heavy (non-hydrogen) atoms. The molecule has 1 fully saturated rings. The topological polar surface area (TPSA) is 136 Å². The number of aromatic amines is 1. The number of H-pyrrole nitrogens is 1. The Labute approximate surface area is 268 Å². The molecule has 1 aliphatic rings. The number of aromatic nitrogens is 3. The number of piperazine rings is 1. The third-order valence-electron chi connectivity index (χ3n) is 7.67. The highest BCUT2D eigenvalue weighted by Gasteiger charge is 2.19. The molecule has 2 aromatic heterocycles. The van der Waals surface area contributed by atoms with Gasteiger partial charge in [0.25, 0.3) is 5.91 Å². The van der Waals surface area contributed by atoms with Gasteiger partial charge in [-0.25, -0.2) is 4.98 Å². The van der Waals surface area contributed by atoms with Crippen molar-refractivity contribution in [2.24, 2.45) is 4.99 Å². The van der Waals surface area contributed by atoms with Crippen molar-refractivity contribution in [2.75, 3.05) is 38.5 Å². The molecule has 1 aliphatic heterocycles. The number of benzene rings is 2. The summed E-state index contributed by atoms with van der Waals surface area (Å²) in [6.07, 6.45) is 0.644. The van der Waals surface area contributed by atoms with E-state index >= 15 is 0 Å². The number of fused-ring (bicyclic) bond motifs is 1. The highest BCUT2D eigenvalue weighted by atomic mass is 16.3. The summed E-state index contributed by atoms with van der Waals surface area (Å²) in [6.45, 7) is 11.7. The van der Waals surface area contributed by atoms with Crippen LogP contribution in [-0.2, 0) is 17.9 Å². The fourth-order valence-electron chi connectivity index (χ4n) is 5.45. The van der Waals surface area contributed by atoms with Crippen molar-refractivity contribution in [3.63, 3.8) is 0 Å². The van der Waals surface area contributed by atoms with Crippen LogP contribution in [-0.4, -0.2) is 86.4 Å². The van der Waals surface area contributed by atoms with E-state index in [0.29, 0.717) is 40.1 Å². The summed E-state index contributed by atoms with van der Waals surface area (Å²) in [5.74, 6) is 5.09. The van der Waals surface area contributed by atoms with E-state index in [2.05, 4.69) is 61.1 Å². The van der Waals surface area contributed by atoms with Crippen molar-refractivity contribution >= 4 is 34.8 Å². The first-order chi connectivity index (χ1) is 21.9. The minimum Gasteiger partial charge on any atom is -0.389 e. The Morgan fingerprint density at radius 1 is 1.11 bits per heavy atom. The summed E-state index contributed by atoms with van der Waals surface area (Å²) in [6, 6.07) is 14.4. The Hall–Kier alpha value is -4.89. The number of likely N-dealkylation sites (N-methyl/N-ethyl adjacent to an activating group) is 1. The molecular formula is C35H39N7O4. The van der Waals surface area contributed by atoms with Gasteiger partial charge in [-0.2, -0.15) is 4.99 Å². The Kier molecular flexibility index (Phi) is 9.63. The van der Waals surface area contributed by atoms with E-state index in [1.807, 2.05) is 10.6 Å². The van der Waals surface area contributed by atoms with Gasteiger partial charge in [0.2, 0.25) is 11.5 Å². The van der Waals surface area contributed by atoms with Crippen molar-refractivity contribution in [2.45, 2.75) is 46.4 Å². The molecule has 0 aliphatic carbocycles. The number of carbonyl (C=O) groups excluding carboxylic acids is 3. The van der Waals surface area contributed by atoms with Crippen LogP contribution in [0.2, 0.25) is 0 Å². The van der Waals surface area contributed by atoms with E-state index in [1.54, 1.807) is 51.1 Å². The predicted molar refractivity (Wildman–Crippen MR) is 176 cm³/mol. The second-order valence-corrected chi connectivity index (χ2v) is 12.4. The van der Waals surface area contributed by atoms with Crippen LogP contribution >= 0.6 is 0 Å². The SMILES string of the molecule is CC(=O)Nc1cccc(C#Cc2cc(C(=O)/N=c3\[nH]c4ccc(CN5CCN(C)CC5)cc4n3CC(C)(C)O)cc(C)n2)c1C=O. The van der Waals surface area contributed by atoms with Crippen LogP contribution in [0.4, 0.5) is 5.69 Å². The van der Waals surface area contributed by atoms with Crippen LogP contribution < -0.4 is 10.9 Å². The fraction of sp³-hybridized carbons (Fsp3) is 0.343. The molecular weight excluding hydrogens is 582 g/mol. The van der Waals surface area contributed by atoms with Crippen LogP contribution in [0.25, 0.3) is 11.0 Å². The molecule has 0 bridgehead atoms. The average Bonchev–Trinajstić information content (AvgIpc) is 3.31. The predicted octanol–water partition coefficient (Wildman–Crippen LogP) is 3.10. The zero-order chi connectivity index (χ0) is 33.0. The van der Waals surface area contributed by atoms with Gasteiger partial charge in [-0.15, -0.1) is 0 Å². The standard InChI is InChI=1S/C35H39N7O4/c1-23-17-27(19-28(36-23)11-10-26-7-6-8-30(29(26)21-43)37-24(2)44)33(45)39-34-38-31-12-9-25(20-41-15-13-40(5)14-16-41)18-32(31)42(34)22-35(3,4)46/h6-9,12,17-19,21,46H,13-16,20,22H2,1-5H3,(H,37,44)(H,38,39,45). The second-order valence-electron chi connectivity index (χ2n) is 12.4. The number of aliphatic hydroxyl groups is 1. The lowest BCUT2D eigenvalue weighted by atomic mass is 10.1. The van der Waals surface area contributed by atoms with E-state index in [1.165, 1.54) is 6.92 Å². The Morgan fingerprint density at radius 2 is 1.87 bits per heavy atom. The van der Waals surface area contributed by atoms with E-state index in [0.717, 1.165) is 49.3 Å². The average molecular weight is 622 g/mol. The van der Waals surface area contributed by atoms with Crippen LogP contribution in [0.5, 0.6) is 0 Å².